The molecule has 0 radical (unpaired) electrons. The Morgan fingerprint density at radius 3 is 1.25 bits per heavy atom. The van der Waals surface area contributed by atoms with Crippen LogP contribution in [0.4, 0.5) is 22.7 Å². The highest BCUT2D eigenvalue weighted by Crippen LogP contribution is 2.25. The molecule has 0 aromatic heterocycles. The van der Waals surface area contributed by atoms with Gasteiger partial charge in [-0.3, -0.25) is 0 Å². The molecule has 6 heteroatoms. The van der Waals surface area contributed by atoms with Gasteiger partial charge >= 0.3 is 0 Å². The number of benzene rings is 3. The highest BCUT2D eigenvalue weighted by molar-refractivity contribution is 5.51. The van der Waals surface area contributed by atoms with Crippen LogP contribution in [0.5, 0.6) is 11.5 Å². The molecule has 6 nitrogen and oxygen atoms in total. The van der Waals surface area contributed by atoms with Crippen LogP contribution in [0.15, 0.2) is 93.3 Å². The van der Waals surface area contributed by atoms with E-state index in [1.807, 2.05) is 18.2 Å². The van der Waals surface area contributed by atoms with Gasteiger partial charge in [-0.15, -0.1) is 0 Å². The van der Waals surface area contributed by atoms with Crippen molar-refractivity contribution in [3.05, 3.63) is 72.8 Å². The minimum absolute atomic E-state index is 0.186. The van der Waals surface area contributed by atoms with Gasteiger partial charge in [0.1, 0.15) is 11.5 Å². The molecule has 0 saturated carbocycles. The zero-order valence-electron chi connectivity index (χ0n) is 12.6. The zero-order valence-corrected chi connectivity index (χ0v) is 12.6. The minimum atomic E-state index is 0.186. The van der Waals surface area contributed by atoms with Crippen LogP contribution in [0, 0.1) is 0 Å². The standard InChI is InChI=1S/C18H14N4O2/c23-17-8-4-13(5-9-17)19-21-15-2-1-3-16(12-15)22-20-14-6-10-18(24)11-7-14/h1-12,23-24H. The molecule has 3 aromatic rings. The van der Waals surface area contributed by atoms with E-state index in [1.165, 1.54) is 0 Å². The number of hydrogen-bond acceptors (Lipinski definition) is 6. The second-order valence-corrected chi connectivity index (χ2v) is 4.95. The highest BCUT2D eigenvalue weighted by atomic mass is 16.3. The number of phenolic OH excluding ortho intramolecular Hbond substituents is 2. The van der Waals surface area contributed by atoms with E-state index in [1.54, 1.807) is 54.6 Å². The predicted octanol–water partition coefficient (Wildman–Crippen LogP) is 5.93. The van der Waals surface area contributed by atoms with Crippen molar-refractivity contribution in [2.24, 2.45) is 20.5 Å². The molecule has 0 fully saturated rings. The third-order valence-corrected chi connectivity index (χ3v) is 3.09. The molecule has 3 rings (SSSR count). The van der Waals surface area contributed by atoms with E-state index in [0.717, 1.165) is 0 Å². The molecule has 0 amide bonds. The molecule has 118 valence electrons. The Labute approximate surface area is 138 Å². The summed E-state index contributed by atoms with van der Waals surface area (Å²) in [6.45, 7) is 0. The number of azo groups is 2. The van der Waals surface area contributed by atoms with E-state index >= 15 is 0 Å². The molecular formula is C18H14N4O2. The normalized spacial score (nSPS) is 11.3. The van der Waals surface area contributed by atoms with Crippen LogP contribution in [0.3, 0.4) is 0 Å². The molecule has 0 saturated heterocycles. The van der Waals surface area contributed by atoms with Crippen molar-refractivity contribution in [3.8, 4) is 11.5 Å². The first-order valence-corrected chi connectivity index (χ1v) is 7.21. The van der Waals surface area contributed by atoms with Gasteiger partial charge < -0.3 is 10.2 Å². The van der Waals surface area contributed by atoms with Gasteiger partial charge in [0, 0.05) is 0 Å². The monoisotopic (exact) mass is 318 g/mol. The van der Waals surface area contributed by atoms with E-state index in [9.17, 15) is 10.2 Å². The molecule has 0 atom stereocenters. The van der Waals surface area contributed by atoms with Crippen LogP contribution >= 0.6 is 0 Å². The van der Waals surface area contributed by atoms with Crippen molar-refractivity contribution in [2.45, 2.75) is 0 Å². The number of rotatable bonds is 4. The lowest BCUT2D eigenvalue weighted by atomic mass is 10.3. The fourth-order valence-electron chi connectivity index (χ4n) is 1.89. The average Bonchev–Trinajstić information content (AvgIpc) is 2.61. The average molecular weight is 318 g/mol. The Morgan fingerprint density at radius 1 is 0.458 bits per heavy atom. The van der Waals surface area contributed by atoms with Crippen LogP contribution in [-0.4, -0.2) is 10.2 Å². The Hall–Kier alpha value is -3.54. The molecule has 2 N–H and O–H groups in total. The van der Waals surface area contributed by atoms with Gasteiger partial charge in [0.15, 0.2) is 0 Å². The summed E-state index contributed by atoms with van der Waals surface area (Å²) in [7, 11) is 0. The van der Waals surface area contributed by atoms with Crippen molar-refractivity contribution in [2.75, 3.05) is 0 Å². The van der Waals surface area contributed by atoms with Crippen molar-refractivity contribution in [1.29, 1.82) is 0 Å². The molecule has 0 aliphatic heterocycles. The number of aromatic hydroxyl groups is 2. The summed E-state index contributed by atoms with van der Waals surface area (Å²) in [5.74, 6) is 0.371. The Morgan fingerprint density at radius 2 is 0.833 bits per heavy atom. The lowest BCUT2D eigenvalue weighted by Crippen LogP contribution is -1.67. The van der Waals surface area contributed by atoms with Crippen LogP contribution in [0.25, 0.3) is 0 Å². The smallest absolute Gasteiger partial charge is 0.115 e. The van der Waals surface area contributed by atoms with Crippen LogP contribution in [0.2, 0.25) is 0 Å². The molecule has 0 heterocycles. The van der Waals surface area contributed by atoms with Gasteiger partial charge in [0.25, 0.3) is 0 Å². The highest BCUT2D eigenvalue weighted by Gasteiger charge is 1.96. The van der Waals surface area contributed by atoms with E-state index in [2.05, 4.69) is 20.5 Å². The van der Waals surface area contributed by atoms with E-state index < -0.39 is 0 Å². The van der Waals surface area contributed by atoms with Gasteiger partial charge in [0.05, 0.1) is 22.7 Å². The molecule has 0 aliphatic rings. The molecule has 3 aromatic carbocycles. The third kappa shape index (κ3) is 4.23. The molecule has 0 bridgehead atoms. The first kappa shape index (κ1) is 15.4. The maximum absolute atomic E-state index is 9.24. The van der Waals surface area contributed by atoms with Crippen molar-refractivity contribution in [3.63, 3.8) is 0 Å². The SMILES string of the molecule is Oc1ccc(N=Nc2cccc(N=Nc3ccc(O)cc3)c2)cc1. The molecule has 0 unspecified atom stereocenters. The van der Waals surface area contributed by atoms with Gasteiger partial charge in [-0.25, -0.2) is 0 Å². The summed E-state index contributed by atoms with van der Waals surface area (Å²) in [5, 5.41) is 35.0. The molecule has 24 heavy (non-hydrogen) atoms. The number of phenols is 2. The largest absolute Gasteiger partial charge is 0.508 e. The fraction of sp³-hybridized carbons (Fsp3) is 0. The van der Waals surface area contributed by atoms with E-state index in [0.29, 0.717) is 22.7 Å². The maximum Gasteiger partial charge on any atom is 0.115 e. The number of nitrogens with zero attached hydrogens (tertiary/aromatic N) is 4. The molecule has 0 spiro atoms. The summed E-state index contributed by atoms with van der Waals surface area (Å²) in [4.78, 5) is 0. The maximum atomic E-state index is 9.24. The van der Waals surface area contributed by atoms with E-state index in [-0.39, 0.29) is 11.5 Å². The minimum Gasteiger partial charge on any atom is -0.508 e. The summed E-state index contributed by atoms with van der Waals surface area (Å²) in [6.07, 6.45) is 0. The summed E-state index contributed by atoms with van der Waals surface area (Å²) in [5.41, 5.74) is 2.57. The molecule has 0 aliphatic carbocycles. The van der Waals surface area contributed by atoms with Crippen molar-refractivity contribution < 1.29 is 10.2 Å². The van der Waals surface area contributed by atoms with Crippen molar-refractivity contribution >= 4 is 22.7 Å². The quantitative estimate of drug-likeness (QED) is 0.584. The third-order valence-electron chi connectivity index (χ3n) is 3.09. The van der Waals surface area contributed by atoms with Crippen LogP contribution in [0.1, 0.15) is 0 Å². The number of hydrogen-bond donors (Lipinski definition) is 2. The second kappa shape index (κ2) is 7.15. The van der Waals surface area contributed by atoms with E-state index in [4.69, 9.17) is 0 Å². The molecular weight excluding hydrogens is 304 g/mol. The Kier molecular flexibility index (Phi) is 4.57. The lowest BCUT2D eigenvalue weighted by molar-refractivity contribution is 0.475. The van der Waals surface area contributed by atoms with Gasteiger partial charge in [-0.2, -0.15) is 20.5 Å². The second-order valence-electron chi connectivity index (χ2n) is 4.95. The summed E-state index contributed by atoms with van der Waals surface area (Å²) >= 11 is 0. The van der Waals surface area contributed by atoms with Crippen molar-refractivity contribution in [1.82, 2.24) is 0 Å². The Balaban J connectivity index is 1.74. The first-order valence-electron chi connectivity index (χ1n) is 7.21. The topological polar surface area (TPSA) is 89.9 Å². The lowest BCUT2D eigenvalue weighted by Gasteiger charge is -1.96. The van der Waals surface area contributed by atoms with Gasteiger partial charge in [-0.1, -0.05) is 6.07 Å². The van der Waals surface area contributed by atoms with Gasteiger partial charge in [0.2, 0.25) is 0 Å². The Bertz CT molecular complexity index is 802. The van der Waals surface area contributed by atoms with Gasteiger partial charge in [-0.05, 0) is 66.7 Å². The summed E-state index contributed by atoms with van der Waals surface area (Å²) in [6, 6.07) is 20.1. The predicted molar refractivity (Wildman–Crippen MR) is 91.0 cm³/mol. The summed E-state index contributed by atoms with van der Waals surface area (Å²) < 4.78 is 0. The first-order chi connectivity index (χ1) is 11.7. The van der Waals surface area contributed by atoms with Crippen LogP contribution < -0.4 is 0 Å². The fourth-order valence-corrected chi connectivity index (χ4v) is 1.89. The van der Waals surface area contributed by atoms with Crippen LogP contribution in [-0.2, 0) is 0 Å². The zero-order chi connectivity index (χ0) is 16.8.